The van der Waals surface area contributed by atoms with Gasteiger partial charge in [0.05, 0.1) is 0 Å². The minimum Gasteiger partial charge on any atom is -0.508 e. The van der Waals surface area contributed by atoms with Crippen molar-refractivity contribution in [1.29, 1.82) is 0 Å². The summed E-state index contributed by atoms with van der Waals surface area (Å²) >= 11 is 0. The Morgan fingerprint density at radius 1 is 1.39 bits per heavy atom. The first-order valence-corrected chi connectivity index (χ1v) is 5.79. The van der Waals surface area contributed by atoms with Crippen LogP contribution in [0.4, 0.5) is 0 Å². The largest absolute Gasteiger partial charge is 0.508 e. The zero-order valence-corrected chi connectivity index (χ0v) is 10.1. The number of hydrogen-bond donors (Lipinski definition) is 2. The fourth-order valence-corrected chi connectivity index (χ4v) is 2.65. The van der Waals surface area contributed by atoms with E-state index in [-0.39, 0.29) is 11.7 Å². The Bertz CT molecular complexity index is 500. The lowest BCUT2D eigenvalue weighted by Crippen LogP contribution is -2.49. The molecule has 96 valence electrons. The monoisotopic (exact) mass is 249 g/mol. The zero-order valence-electron chi connectivity index (χ0n) is 10.1. The van der Waals surface area contributed by atoms with Crippen molar-refractivity contribution in [3.05, 3.63) is 29.8 Å². The van der Waals surface area contributed by atoms with Gasteiger partial charge in [0.25, 0.3) is 0 Å². The number of aliphatic carboxylic acids is 1. The van der Waals surface area contributed by atoms with Crippen LogP contribution in [0, 0.1) is 0 Å². The third-order valence-electron chi connectivity index (χ3n) is 3.44. The predicted molar refractivity (Wildman–Crippen MR) is 64.0 cm³/mol. The summed E-state index contributed by atoms with van der Waals surface area (Å²) in [7, 11) is 0. The summed E-state index contributed by atoms with van der Waals surface area (Å²) in [6, 6.07) is 6.11. The van der Waals surface area contributed by atoms with Gasteiger partial charge >= 0.3 is 5.97 Å². The Morgan fingerprint density at radius 3 is 2.67 bits per heavy atom. The van der Waals surface area contributed by atoms with E-state index in [0.717, 1.165) is 0 Å². The number of benzene rings is 1. The molecule has 1 aliphatic rings. The predicted octanol–water partition coefficient (Wildman–Crippen LogP) is 1.31. The number of nitrogens with zero attached hydrogens (tertiary/aromatic N) is 1. The highest BCUT2D eigenvalue weighted by Crippen LogP contribution is 2.40. The molecule has 0 saturated carbocycles. The maximum atomic E-state index is 11.7. The van der Waals surface area contributed by atoms with Crippen molar-refractivity contribution in [3.63, 3.8) is 0 Å². The standard InChI is InChI=1S/C13H15NO4/c1-9(15)14-7-3-6-13(14,12(17)18)10-4-2-5-11(16)8-10/h2,4-5,8,16H,3,6-7H2,1H3,(H,17,18)/t13-/m0/s1. The number of aromatic hydroxyl groups is 1. The van der Waals surface area contributed by atoms with Crippen LogP contribution in [0.15, 0.2) is 24.3 Å². The molecule has 1 aromatic rings. The van der Waals surface area contributed by atoms with Crippen LogP contribution in [-0.2, 0) is 15.1 Å². The van der Waals surface area contributed by atoms with E-state index in [1.807, 2.05) is 0 Å². The molecule has 1 aromatic carbocycles. The maximum absolute atomic E-state index is 11.7. The van der Waals surface area contributed by atoms with Gasteiger partial charge in [-0.3, -0.25) is 4.79 Å². The summed E-state index contributed by atoms with van der Waals surface area (Å²) in [5.74, 6) is -1.32. The summed E-state index contributed by atoms with van der Waals surface area (Å²) in [5, 5.41) is 19.0. The Kier molecular flexibility index (Phi) is 2.98. The molecular weight excluding hydrogens is 234 g/mol. The zero-order chi connectivity index (χ0) is 13.3. The van der Waals surface area contributed by atoms with Gasteiger partial charge in [0.1, 0.15) is 5.75 Å². The molecule has 18 heavy (non-hydrogen) atoms. The number of carbonyl (C=O) groups is 2. The molecule has 0 unspecified atom stereocenters. The average molecular weight is 249 g/mol. The van der Waals surface area contributed by atoms with Crippen molar-refractivity contribution in [1.82, 2.24) is 4.90 Å². The third kappa shape index (κ3) is 1.72. The molecule has 0 aromatic heterocycles. The first-order valence-electron chi connectivity index (χ1n) is 5.79. The van der Waals surface area contributed by atoms with E-state index < -0.39 is 11.5 Å². The van der Waals surface area contributed by atoms with Gasteiger partial charge in [-0.1, -0.05) is 12.1 Å². The lowest BCUT2D eigenvalue weighted by molar-refractivity contribution is -0.156. The summed E-state index contributed by atoms with van der Waals surface area (Å²) in [6.45, 7) is 1.79. The number of likely N-dealkylation sites (tertiary alicyclic amines) is 1. The SMILES string of the molecule is CC(=O)N1CCC[C@@]1(C(=O)O)c1cccc(O)c1. The van der Waals surface area contributed by atoms with Gasteiger partial charge in [-0.15, -0.1) is 0 Å². The highest BCUT2D eigenvalue weighted by molar-refractivity contribution is 5.88. The molecular formula is C13H15NO4. The average Bonchev–Trinajstić information content (AvgIpc) is 2.74. The second-order valence-electron chi connectivity index (χ2n) is 4.49. The van der Waals surface area contributed by atoms with Crippen molar-refractivity contribution in [2.24, 2.45) is 0 Å². The van der Waals surface area contributed by atoms with E-state index in [0.29, 0.717) is 24.9 Å². The van der Waals surface area contributed by atoms with E-state index in [1.54, 1.807) is 12.1 Å². The molecule has 1 aliphatic heterocycles. The fourth-order valence-electron chi connectivity index (χ4n) is 2.65. The second kappa shape index (κ2) is 4.33. The molecule has 1 saturated heterocycles. The maximum Gasteiger partial charge on any atom is 0.334 e. The molecule has 2 rings (SSSR count). The number of carboxylic acids is 1. The number of phenolic OH excluding ortho intramolecular Hbond substituents is 1. The number of carboxylic acid groups (broad SMARTS) is 1. The van der Waals surface area contributed by atoms with E-state index in [2.05, 4.69) is 0 Å². The van der Waals surface area contributed by atoms with E-state index >= 15 is 0 Å². The molecule has 0 spiro atoms. The first-order chi connectivity index (χ1) is 8.48. The summed E-state index contributed by atoms with van der Waals surface area (Å²) in [4.78, 5) is 24.7. The number of hydrogen-bond acceptors (Lipinski definition) is 3. The van der Waals surface area contributed by atoms with Gasteiger partial charge in [-0.25, -0.2) is 4.79 Å². The number of amides is 1. The second-order valence-corrected chi connectivity index (χ2v) is 4.49. The van der Waals surface area contributed by atoms with Gasteiger partial charge in [0.15, 0.2) is 5.54 Å². The molecule has 0 aliphatic carbocycles. The fraction of sp³-hybridized carbons (Fsp3) is 0.385. The molecule has 5 nitrogen and oxygen atoms in total. The highest BCUT2D eigenvalue weighted by Gasteiger charge is 2.50. The molecule has 1 heterocycles. The van der Waals surface area contributed by atoms with Gasteiger partial charge < -0.3 is 15.1 Å². The number of carbonyl (C=O) groups excluding carboxylic acids is 1. The Labute approximate surface area is 105 Å². The summed E-state index contributed by atoms with van der Waals surface area (Å²) in [6.07, 6.45) is 1.01. The van der Waals surface area contributed by atoms with Crippen LogP contribution in [0.2, 0.25) is 0 Å². The van der Waals surface area contributed by atoms with E-state index in [1.165, 1.54) is 24.0 Å². The van der Waals surface area contributed by atoms with Gasteiger partial charge in [0.2, 0.25) is 5.91 Å². The van der Waals surface area contributed by atoms with Crippen LogP contribution in [-0.4, -0.2) is 33.5 Å². The Balaban J connectivity index is 2.57. The minimum atomic E-state index is -1.34. The summed E-state index contributed by atoms with van der Waals surface area (Å²) in [5.41, 5.74) is -0.896. The van der Waals surface area contributed by atoms with Crippen molar-refractivity contribution >= 4 is 11.9 Å². The molecule has 0 bridgehead atoms. The molecule has 0 radical (unpaired) electrons. The molecule has 1 amide bonds. The highest BCUT2D eigenvalue weighted by atomic mass is 16.4. The molecule has 5 heteroatoms. The Morgan fingerprint density at radius 2 is 2.11 bits per heavy atom. The van der Waals surface area contributed by atoms with Crippen molar-refractivity contribution < 1.29 is 19.8 Å². The van der Waals surface area contributed by atoms with Crippen LogP contribution in [0.1, 0.15) is 25.3 Å². The van der Waals surface area contributed by atoms with Crippen LogP contribution in [0.5, 0.6) is 5.75 Å². The van der Waals surface area contributed by atoms with Crippen LogP contribution in [0.3, 0.4) is 0 Å². The van der Waals surface area contributed by atoms with Crippen LogP contribution < -0.4 is 0 Å². The van der Waals surface area contributed by atoms with Crippen LogP contribution >= 0.6 is 0 Å². The Hall–Kier alpha value is -2.04. The quantitative estimate of drug-likeness (QED) is 0.828. The lowest BCUT2D eigenvalue weighted by atomic mass is 9.87. The van der Waals surface area contributed by atoms with E-state index in [9.17, 15) is 19.8 Å². The normalized spacial score (nSPS) is 23.1. The third-order valence-corrected chi connectivity index (χ3v) is 3.44. The minimum absolute atomic E-state index is 0.00327. The van der Waals surface area contributed by atoms with Gasteiger partial charge in [0, 0.05) is 13.5 Å². The smallest absolute Gasteiger partial charge is 0.334 e. The number of phenols is 1. The lowest BCUT2D eigenvalue weighted by Gasteiger charge is -2.34. The molecule has 2 N–H and O–H groups in total. The first kappa shape index (κ1) is 12.4. The summed E-state index contributed by atoms with van der Waals surface area (Å²) < 4.78 is 0. The molecule has 1 fully saturated rings. The van der Waals surface area contributed by atoms with Gasteiger partial charge in [-0.2, -0.15) is 0 Å². The van der Waals surface area contributed by atoms with Crippen molar-refractivity contribution in [3.8, 4) is 5.75 Å². The van der Waals surface area contributed by atoms with Crippen molar-refractivity contribution in [2.45, 2.75) is 25.3 Å². The van der Waals surface area contributed by atoms with Crippen molar-refractivity contribution in [2.75, 3.05) is 6.54 Å². The topological polar surface area (TPSA) is 77.8 Å². The molecule has 1 atom stereocenters. The van der Waals surface area contributed by atoms with E-state index in [4.69, 9.17) is 0 Å². The van der Waals surface area contributed by atoms with Crippen LogP contribution in [0.25, 0.3) is 0 Å². The van der Waals surface area contributed by atoms with Gasteiger partial charge in [-0.05, 0) is 30.5 Å². The number of rotatable bonds is 2.